The Morgan fingerprint density at radius 2 is 2.16 bits per heavy atom. The first-order valence-corrected chi connectivity index (χ1v) is 6.98. The Bertz CT molecular complexity index is 494. The third-order valence-corrected chi connectivity index (χ3v) is 3.49. The van der Waals surface area contributed by atoms with Crippen LogP contribution in [0.4, 0.5) is 9.80 Å². The summed E-state index contributed by atoms with van der Waals surface area (Å²) < 4.78 is 0. The van der Waals surface area contributed by atoms with Crippen molar-refractivity contribution in [3.8, 4) is 0 Å². The molecule has 0 bridgehead atoms. The first-order chi connectivity index (χ1) is 9.15. The van der Waals surface area contributed by atoms with E-state index in [0.717, 1.165) is 5.00 Å². The van der Waals surface area contributed by atoms with Crippen molar-refractivity contribution in [2.45, 2.75) is 26.4 Å². The summed E-state index contributed by atoms with van der Waals surface area (Å²) in [7, 11) is 0. The lowest BCUT2D eigenvalue weighted by atomic mass is 10.1. The van der Waals surface area contributed by atoms with Crippen LogP contribution in [0.2, 0.25) is 0 Å². The average molecular weight is 279 g/mol. The summed E-state index contributed by atoms with van der Waals surface area (Å²) in [5.74, 6) is 0.292. The molecule has 0 spiro atoms. The van der Waals surface area contributed by atoms with Gasteiger partial charge in [0.15, 0.2) is 0 Å². The Kier molecular flexibility index (Phi) is 4.51. The second-order valence-electron chi connectivity index (χ2n) is 4.51. The summed E-state index contributed by atoms with van der Waals surface area (Å²) in [6, 6.07) is 3.54. The number of hydrogen-bond acceptors (Lipinski definition) is 4. The molecule has 2 aromatic heterocycles. The molecule has 0 unspecified atom stereocenters. The predicted molar refractivity (Wildman–Crippen MR) is 75.1 cm³/mol. The van der Waals surface area contributed by atoms with E-state index in [1.165, 1.54) is 11.3 Å². The van der Waals surface area contributed by atoms with E-state index < -0.39 is 0 Å². The number of rotatable bonds is 5. The van der Waals surface area contributed by atoms with Crippen LogP contribution in [0.15, 0.2) is 29.9 Å². The minimum Gasteiger partial charge on any atom is -0.333 e. The van der Waals surface area contributed by atoms with Crippen molar-refractivity contribution < 1.29 is 4.79 Å². The van der Waals surface area contributed by atoms with Gasteiger partial charge in [0.1, 0.15) is 0 Å². The zero-order chi connectivity index (χ0) is 13.7. The molecule has 2 aromatic rings. The maximum atomic E-state index is 11.9. The highest BCUT2D eigenvalue weighted by Crippen LogP contribution is 2.14. The SMILES string of the molecule is CC(C)[C@H](Cn1nccn1)NC(=O)Nc1cccs1. The van der Waals surface area contributed by atoms with Gasteiger partial charge in [0.05, 0.1) is 30.0 Å². The van der Waals surface area contributed by atoms with E-state index in [1.807, 2.05) is 17.5 Å². The summed E-state index contributed by atoms with van der Waals surface area (Å²) >= 11 is 1.49. The van der Waals surface area contributed by atoms with Crippen molar-refractivity contribution >= 4 is 22.4 Å². The van der Waals surface area contributed by atoms with Crippen molar-refractivity contribution in [1.82, 2.24) is 20.3 Å². The van der Waals surface area contributed by atoms with Crippen molar-refractivity contribution in [2.24, 2.45) is 5.92 Å². The lowest BCUT2D eigenvalue weighted by molar-refractivity contribution is 0.239. The number of aromatic nitrogens is 3. The number of urea groups is 1. The van der Waals surface area contributed by atoms with Gasteiger partial charge >= 0.3 is 6.03 Å². The van der Waals surface area contributed by atoms with E-state index in [1.54, 1.807) is 17.2 Å². The van der Waals surface area contributed by atoms with Crippen LogP contribution in [-0.2, 0) is 6.54 Å². The molecule has 0 fully saturated rings. The molecule has 0 aliphatic heterocycles. The van der Waals surface area contributed by atoms with Crippen LogP contribution in [0.3, 0.4) is 0 Å². The van der Waals surface area contributed by atoms with Crippen LogP contribution in [0.5, 0.6) is 0 Å². The Balaban J connectivity index is 1.91. The number of anilines is 1. The van der Waals surface area contributed by atoms with Crippen molar-refractivity contribution in [2.75, 3.05) is 5.32 Å². The second kappa shape index (κ2) is 6.33. The number of thiophene rings is 1. The highest BCUT2D eigenvalue weighted by Gasteiger charge is 2.17. The maximum Gasteiger partial charge on any atom is 0.320 e. The monoisotopic (exact) mass is 279 g/mol. The molecule has 2 rings (SSSR count). The summed E-state index contributed by atoms with van der Waals surface area (Å²) in [6.45, 7) is 4.67. The molecular weight excluding hydrogens is 262 g/mol. The topological polar surface area (TPSA) is 71.8 Å². The van der Waals surface area contributed by atoms with Gasteiger partial charge < -0.3 is 5.32 Å². The Hall–Kier alpha value is -1.89. The lowest BCUT2D eigenvalue weighted by Gasteiger charge is -2.21. The number of amides is 2. The van der Waals surface area contributed by atoms with Crippen LogP contribution in [0.1, 0.15) is 13.8 Å². The Labute approximate surface area is 115 Å². The lowest BCUT2D eigenvalue weighted by Crippen LogP contribution is -2.43. The van der Waals surface area contributed by atoms with Gasteiger partial charge in [-0.25, -0.2) is 4.79 Å². The smallest absolute Gasteiger partial charge is 0.320 e. The fraction of sp³-hybridized carbons (Fsp3) is 0.417. The van der Waals surface area contributed by atoms with Crippen LogP contribution in [-0.4, -0.2) is 27.1 Å². The second-order valence-corrected chi connectivity index (χ2v) is 5.46. The largest absolute Gasteiger partial charge is 0.333 e. The van der Waals surface area contributed by atoms with Crippen LogP contribution in [0.25, 0.3) is 0 Å². The molecule has 1 atom stereocenters. The fourth-order valence-corrected chi connectivity index (χ4v) is 2.22. The van der Waals surface area contributed by atoms with Gasteiger partial charge in [-0.2, -0.15) is 15.0 Å². The van der Waals surface area contributed by atoms with Gasteiger partial charge in [-0.05, 0) is 23.4 Å². The van der Waals surface area contributed by atoms with Crippen molar-refractivity contribution in [1.29, 1.82) is 0 Å². The third kappa shape index (κ3) is 4.06. The molecule has 0 saturated carbocycles. The van der Waals surface area contributed by atoms with E-state index in [-0.39, 0.29) is 12.1 Å². The molecule has 2 amide bonds. The van der Waals surface area contributed by atoms with Crippen molar-refractivity contribution in [3.05, 3.63) is 29.9 Å². The zero-order valence-electron chi connectivity index (χ0n) is 10.9. The van der Waals surface area contributed by atoms with E-state index in [2.05, 4.69) is 34.7 Å². The normalized spacial score (nSPS) is 12.4. The zero-order valence-corrected chi connectivity index (χ0v) is 11.7. The van der Waals surface area contributed by atoms with Gasteiger partial charge in [-0.1, -0.05) is 13.8 Å². The first-order valence-electron chi connectivity index (χ1n) is 6.10. The molecule has 0 saturated heterocycles. The average Bonchev–Trinajstić information content (AvgIpc) is 3.00. The highest BCUT2D eigenvalue weighted by molar-refractivity contribution is 7.14. The minimum absolute atomic E-state index is 0.0210. The molecule has 19 heavy (non-hydrogen) atoms. The van der Waals surface area contributed by atoms with Crippen LogP contribution < -0.4 is 10.6 Å². The molecule has 6 nitrogen and oxygen atoms in total. The van der Waals surface area contributed by atoms with Gasteiger partial charge in [0, 0.05) is 0 Å². The molecule has 0 aromatic carbocycles. The number of carbonyl (C=O) groups is 1. The minimum atomic E-state index is -0.201. The molecule has 7 heteroatoms. The van der Waals surface area contributed by atoms with Crippen LogP contribution >= 0.6 is 11.3 Å². The summed E-state index contributed by atoms with van der Waals surface area (Å²) in [4.78, 5) is 13.5. The van der Waals surface area contributed by atoms with Crippen molar-refractivity contribution in [3.63, 3.8) is 0 Å². The number of carbonyl (C=O) groups excluding carboxylic acids is 1. The maximum absolute atomic E-state index is 11.9. The quantitative estimate of drug-likeness (QED) is 0.881. The molecule has 0 radical (unpaired) electrons. The van der Waals surface area contributed by atoms with Gasteiger partial charge in [-0.15, -0.1) is 11.3 Å². The summed E-state index contributed by atoms with van der Waals surface area (Å²) in [5, 5.41) is 16.6. The number of hydrogen-bond donors (Lipinski definition) is 2. The number of nitrogens with one attached hydrogen (secondary N) is 2. The van der Waals surface area contributed by atoms with E-state index in [4.69, 9.17) is 0 Å². The summed E-state index contributed by atoms with van der Waals surface area (Å²) in [5.41, 5.74) is 0. The first kappa shape index (κ1) is 13.5. The Morgan fingerprint density at radius 3 is 2.74 bits per heavy atom. The fourth-order valence-electron chi connectivity index (χ4n) is 1.60. The predicted octanol–water partition coefficient (Wildman–Crippen LogP) is 2.19. The molecular formula is C12H17N5OS. The molecule has 2 N–H and O–H groups in total. The number of nitrogens with zero attached hydrogens (tertiary/aromatic N) is 3. The molecule has 0 aliphatic rings. The Morgan fingerprint density at radius 1 is 1.42 bits per heavy atom. The van der Waals surface area contributed by atoms with Crippen LogP contribution in [0, 0.1) is 5.92 Å². The standard InChI is InChI=1S/C12H17N5OS/c1-9(2)10(8-17-13-5-6-14-17)15-12(18)16-11-4-3-7-19-11/h3-7,9-10H,8H2,1-2H3,(H2,15,16,18)/t10-/m0/s1. The summed E-state index contributed by atoms with van der Waals surface area (Å²) in [6.07, 6.45) is 3.26. The van der Waals surface area contributed by atoms with Gasteiger partial charge in [0.2, 0.25) is 0 Å². The third-order valence-electron chi connectivity index (χ3n) is 2.71. The highest BCUT2D eigenvalue weighted by atomic mass is 32.1. The molecule has 2 heterocycles. The molecule has 0 aliphatic carbocycles. The van der Waals surface area contributed by atoms with E-state index in [9.17, 15) is 4.79 Å². The van der Waals surface area contributed by atoms with Gasteiger partial charge in [-0.3, -0.25) is 5.32 Å². The molecule has 102 valence electrons. The van der Waals surface area contributed by atoms with E-state index in [0.29, 0.717) is 12.5 Å². The van der Waals surface area contributed by atoms with E-state index >= 15 is 0 Å². The van der Waals surface area contributed by atoms with Gasteiger partial charge in [0.25, 0.3) is 0 Å².